The Hall–Kier alpha value is -1.35. The second-order valence-corrected chi connectivity index (χ2v) is 5.48. The van der Waals surface area contributed by atoms with Gasteiger partial charge in [0.25, 0.3) is 0 Å². The number of nitrogens with two attached hydrogens (primary N) is 1. The molecule has 0 saturated heterocycles. The highest BCUT2D eigenvalue weighted by atomic mass is 16.1. The van der Waals surface area contributed by atoms with Crippen molar-refractivity contribution in [3.05, 3.63) is 35.4 Å². The summed E-state index contributed by atoms with van der Waals surface area (Å²) in [5, 5.41) is 3.06. The van der Waals surface area contributed by atoms with Gasteiger partial charge in [0.15, 0.2) is 0 Å². The van der Waals surface area contributed by atoms with Crippen molar-refractivity contribution in [2.24, 2.45) is 11.7 Å². The molecule has 1 aromatic rings. The lowest BCUT2D eigenvalue weighted by Gasteiger charge is -2.16. The van der Waals surface area contributed by atoms with Gasteiger partial charge in [-0.25, -0.2) is 0 Å². The molecular formula is C16H26N2O. The molecule has 0 fully saturated rings. The number of hydrogen-bond donors (Lipinski definition) is 2. The fourth-order valence-electron chi connectivity index (χ4n) is 2.06. The first-order chi connectivity index (χ1) is 9.02. The zero-order valence-corrected chi connectivity index (χ0v) is 12.3. The zero-order chi connectivity index (χ0) is 14.3. The molecule has 3 N–H and O–H groups in total. The average Bonchev–Trinajstić information content (AvgIpc) is 2.38. The number of nitrogens with one attached hydrogen (secondary N) is 1. The number of benzene rings is 1. The first kappa shape index (κ1) is 15.7. The lowest BCUT2D eigenvalue weighted by molar-refractivity contribution is -0.121. The SMILES string of the molecule is Cc1ccccc1CC(C)NC(=O)CCC(C)CN. The predicted molar refractivity (Wildman–Crippen MR) is 79.9 cm³/mol. The van der Waals surface area contributed by atoms with Crippen molar-refractivity contribution < 1.29 is 4.79 Å². The molecule has 1 aromatic carbocycles. The summed E-state index contributed by atoms with van der Waals surface area (Å²) in [6.45, 7) is 6.87. The molecule has 0 spiro atoms. The molecule has 0 bridgehead atoms. The van der Waals surface area contributed by atoms with E-state index in [0.717, 1.165) is 12.8 Å². The first-order valence-corrected chi connectivity index (χ1v) is 7.06. The molecule has 0 radical (unpaired) electrons. The summed E-state index contributed by atoms with van der Waals surface area (Å²) in [6, 6.07) is 8.47. The maximum Gasteiger partial charge on any atom is 0.220 e. The highest BCUT2D eigenvalue weighted by Crippen LogP contribution is 2.10. The van der Waals surface area contributed by atoms with Crippen molar-refractivity contribution >= 4 is 5.91 Å². The summed E-state index contributed by atoms with van der Waals surface area (Å²) < 4.78 is 0. The Balaban J connectivity index is 2.37. The van der Waals surface area contributed by atoms with Gasteiger partial charge in [-0.1, -0.05) is 31.2 Å². The summed E-state index contributed by atoms with van der Waals surface area (Å²) in [4.78, 5) is 11.8. The number of amides is 1. The van der Waals surface area contributed by atoms with E-state index >= 15 is 0 Å². The van der Waals surface area contributed by atoms with Crippen molar-refractivity contribution in [1.29, 1.82) is 0 Å². The molecule has 106 valence electrons. The third-order valence-electron chi connectivity index (χ3n) is 3.46. The average molecular weight is 262 g/mol. The van der Waals surface area contributed by atoms with E-state index in [1.807, 2.05) is 12.1 Å². The van der Waals surface area contributed by atoms with Gasteiger partial charge in [0.2, 0.25) is 5.91 Å². The second kappa shape index (κ2) is 7.95. The molecule has 0 heterocycles. The fraction of sp³-hybridized carbons (Fsp3) is 0.562. The largest absolute Gasteiger partial charge is 0.353 e. The molecular weight excluding hydrogens is 236 g/mol. The zero-order valence-electron chi connectivity index (χ0n) is 12.3. The van der Waals surface area contributed by atoms with Gasteiger partial charge >= 0.3 is 0 Å². The number of rotatable bonds is 7. The van der Waals surface area contributed by atoms with Crippen LogP contribution in [-0.4, -0.2) is 18.5 Å². The smallest absolute Gasteiger partial charge is 0.220 e. The van der Waals surface area contributed by atoms with Crippen LogP contribution in [0.2, 0.25) is 0 Å². The minimum absolute atomic E-state index is 0.126. The minimum Gasteiger partial charge on any atom is -0.353 e. The summed E-state index contributed by atoms with van der Waals surface area (Å²) in [6.07, 6.45) is 2.31. The van der Waals surface area contributed by atoms with Crippen LogP contribution >= 0.6 is 0 Å². The van der Waals surface area contributed by atoms with Gasteiger partial charge in [-0.3, -0.25) is 4.79 Å². The Bertz CT molecular complexity index is 403. The van der Waals surface area contributed by atoms with Gasteiger partial charge in [0.1, 0.15) is 0 Å². The topological polar surface area (TPSA) is 55.1 Å². The van der Waals surface area contributed by atoms with Crippen LogP contribution < -0.4 is 11.1 Å². The van der Waals surface area contributed by atoms with Crippen LogP contribution in [0.3, 0.4) is 0 Å². The van der Waals surface area contributed by atoms with Gasteiger partial charge in [0.05, 0.1) is 0 Å². The Morgan fingerprint density at radius 1 is 1.32 bits per heavy atom. The van der Waals surface area contributed by atoms with Crippen LogP contribution in [0.4, 0.5) is 0 Å². The van der Waals surface area contributed by atoms with E-state index in [4.69, 9.17) is 5.73 Å². The molecule has 2 atom stereocenters. The van der Waals surface area contributed by atoms with Crippen molar-refractivity contribution in [3.63, 3.8) is 0 Å². The molecule has 0 saturated carbocycles. The third-order valence-corrected chi connectivity index (χ3v) is 3.46. The molecule has 0 aromatic heterocycles. The maximum atomic E-state index is 11.8. The van der Waals surface area contributed by atoms with Gasteiger partial charge in [-0.15, -0.1) is 0 Å². The third kappa shape index (κ3) is 5.88. The highest BCUT2D eigenvalue weighted by Gasteiger charge is 2.10. The highest BCUT2D eigenvalue weighted by molar-refractivity contribution is 5.76. The van der Waals surface area contributed by atoms with Gasteiger partial charge in [-0.05, 0) is 50.3 Å². The van der Waals surface area contributed by atoms with E-state index in [9.17, 15) is 4.79 Å². The van der Waals surface area contributed by atoms with E-state index in [1.165, 1.54) is 11.1 Å². The molecule has 3 heteroatoms. The van der Waals surface area contributed by atoms with Crippen molar-refractivity contribution in [1.82, 2.24) is 5.32 Å². The quantitative estimate of drug-likeness (QED) is 0.793. The van der Waals surface area contributed by atoms with Crippen molar-refractivity contribution in [2.75, 3.05) is 6.54 Å². The van der Waals surface area contributed by atoms with E-state index in [0.29, 0.717) is 18.9 Å². The van der Waals surface area contributed by atoms with Crippen LogP contribution in [0.1, 0.15) is 37.8 Å². The molecule has 0 aliphatic heterocycles. The Labute approximate surface area is 116 Å². The maximum absolute atomic E-state index is 11.8. The van der Waals surface area contributed by atoms with Crippen LogP contribution in [0.25, 0.3) is 0 Å². The van der Waals surface area contributed by atoms with E-state index in [2.05, 4.69) is 38.2 Å². The number of carbonyl (C=O) groups is 1. The lowest BCUT2D eigenvalue weighted by Crippen LogP contribution is -2.34. The molecule has 19 heavy (non-hydrogen) atoms. The molecule has 0 aliphatic carbocycles. The Morgan fingerprint density at radius 2 is 2.00 bits per heavy atom. The van der Waals surface area contributed by atoms with Gasteiger partial charge in [-0.2, -0.15) is 0 Å². The molecule has 1 amide bonds. The number of carbonyl (C=O) groups excluding carboxylic acids is 1. The summed E-state index contributed by atoms with van der Waals surface area (Å²) in [7, 11) is 0. The fourth-order valence-corrected chi connectivity index (χ4v) is 2.06. The van der Waals surface area contributed by atoms with Crippen LogP contribution in [-0.2, 0) is 11.2 Å². The lowest BCUT2D eigenvalue weighted by atomic mass is 10.0. The monoisotopic (exact) mass is 262 g/mol. The van der Waals surface area contributed by atoms with E-state index < -0.39 is 0 Å². The Kier molecular flexibility index (Phi) is 6.57. The molecule has 3 nitrogen and oxygen atoms in total. The van der Waals surface area contributed by atoms with Crippen molar-refractivity contribution in [2.45, 2.75) is 46.1 Å². The second-order valence-electron chi connectivity index (χ2n) is 5.48. The molecule has 0 aliphatic rings. The van der Waals surface area contributed by atoms with Gasteiger partial charge < -0.3 is 11.1 Å². The van der Waals surface area contributed by atoms with Crippen LogP contribution in [0, 0.1) is 12.8 Å². The predicted octanol–water partition coefficient (Wildman–Crippen LogP) is 2.42. The minimum atomic E-state index is 0.126. The molecule has 1 rings (SSSR count). The Morgan fingerprint density at radius 3 is 2.63 bits per heavy atom. The summed E-state index contributed by atoms with van der Waals surface area (Å²) >= 11 is 0. The first-order valence-electron chi connectivity index (χ1n) is 7.06. The number of aryl methyl sites for hydroxylation is 1. The standard InChI is InChI=1S/C16H26N2O/c1-12(11-17)8-9-16(19)18-14(3)10-15-7-5-4-6-13(15)2/h4-7,12,14H,8-11,17H2,1-3H3,(H,18,19). The summed E-state index contributed by atoms with van der Waals surface area (Å²) in [5.41, 5.74) is 8.12. The van der Waals surface area contributed by atoms with Gasteiger partial charge in [0, 0.05) is 12.5 Å². The van der Waals surface area contributed by atoms with Crippen LogP contribution in [0.5, 0.6) is 0 Å². The van der Waals surface area contributed by atoms with Crippen molar-refractivity contribution in [3.8, 4) is 0 Å². The van der Waals surface area contributed by atoms with Crippen LogP contribution in [0.15, 0.2) is 24.3 Å². The normalized spacial score (nSPS) is 13.9. The number of hydrogen-bond acceptors (Lipinski definition) is 2. The summed E-state index contributed by atoms with van der Waals surface area (Å²) in [5.74, 6) is 0.541. The molecule has 2 unspecified atom stereocenters. The van der Waals surface area contributed by atoms with E-state index in [1.54, 1.807) is 0 Å². The van der Waals surface area contributed by atoms with E-state index in [-0.39, 0.29) is 11.9 Å².